The minimum absolute atomic E-state index is 0.0323. The maximum Gasteiger partial charge on any atom is 0.234 e. The second-order valence-corrected chi connectivity index (χ2v) is 6.74. The second kappa shape index (κ2) is 8.62. The highest BCUT2D eigenvalue weighted by Crippen LogP contribution is 2.25. The van der Waals surface area contributed by atoms with E-state index in [2.05, 4.69) is 21.4 Å². The quantitative estimate of drug-likeness (QED) is 0.638. The van der Waals surface area contributed by atoms with Crippen LogP contribution in [0.1, 0.15) is 5.56 Å². The average molecular weight is 399 g/mol. The fourth-order valence-electron chi connectivity index (χ4n) is 2.20. The number of nitrogens with one attached hydrogen (secondary N) is 1. The Bertz CT molecular complexity index is 1020. The summed E-state index contributed by atoms with van der Waals surface area (Å²) in [5, 5.41) is 12.4. The van der Waals surface area contributed by atoms with Crippen LogP contribution in [0.25, 0.3) is 11.4 Å². The molecule has 3 rings (SSSR count). The van der Waals surface area contributed by atoms with Crippen molar-refractivity contribution in [2.75, 3.05) is 11.1 Å². The minimum atomic E-state index is -0.617. The topological polar surface area (TPSA) is 78.7 Å². The molecule has 1 amide bonds. The van der Waals surface area contributed by atoms with Crippen molar-refractivity contribution in [1.29, 1.82) is 5.26 Å². The Kier molecular flexibility index (Phi) is 6.01. The van der Waals surface area contributed by atoms with E-state index in [9.17, 15) is 14.4 Å². The van der Waals surface area contributed by atoms with E-state index in [0.29, 0.717) is 22.0 Å². The first-order chi connectivity index (χ1) is 13.1. The Labute approximate surface area is 164 Å². The van der Waals surface area contributed by atoms with Crippen molar-refractivity contribution in [2.24, 2.45) is 0 Å². The van der Waals surface area contributed by atoms with E-state index in [4.69, 9.17) is 11.6 Å². The predicted octanol–water partition coefficient (Wildman–Crippen LogP) is 4.54. The zero-order valence-electron chi connectivity index (χ0n) is 13.8. The lowest BCUT2D eigenvalue weighted by molar-refractivity contribution is -0.113. The lowest BCUT2D eigenvalue weighted by Crippen LogP contribution is -2.15. The fraction of sp³-hybridized carbons (Fsp3) is 0.0526. The highest BCUT2D eigenvalue weighted by Gasteiger charge is 2.12. The minimum Gasteiger partial charge on any atom is -0.323 e. The SMILES string of the molecule is N#Cc1ccc(-c2ccccn2)nc1SCC(=O)Nc1ccc(Cl)cc1F. The fourth-order valence-corrected chi connectivity index (χ4v) is 3.13. The molecule has 1 N–H and O–H groups in total. The van der Waals surface area contributed by atoms with Crippen molar-refractivity contribution >= 4 is 35.0 Å². The molecule has 0 bridgehead atoms. The summed E-state index contributed by atoms with van der Waals surface area (Å²) in [6.07, 6.45) is 1.65. The van der Waals surface area contributed by atoms with Crippen LogP contribution in [0.15, 0.2) is 59.8 Å². The molecule has 134 valence electrons. The van der Waals surface area contributed by atoms with E-state index in [0.717, 1.165) is 17.8 Å². The zero-order chi connectivity index (χ0) is 19.2. The van der Waals surface area contributed by atoms with Gasteiger partial charge in [0.1, 0.15) is 16.9 Å². The van der Waals surface area contributed by atoms with Gasteiger partial charge in [-0.15, -0.1) is 0 Å². The van der Waals surface area contributed by atoms with Gasteiger partial charge in [0.15, 0.2) is 0 Å². The van der Waals surface area contributed by atoms with Crippen molar-refractivity contribution in [3.63, 3.8) is 0 Å². The van der Waals surface area contributed by atoms with Crippen LogP contribution in [0.3, 0.4) is 0 Å². The molecule has 0 radical (unpaired) electrons. The molecular weight excluding hydrogens is 387 g/mol. The largest absolute Gasteiger partial charge is 0.323 e. The van der Waals surface area contributed by atoms with Crippen LogP contribution in [0, 0.1) is 17.1 Å². The number of nitriles is 1. The van der Waals surface area contributed by atoms with Gasteiger partial charge in [-0.05, 0) is 42.5 Å². The highest BCUT2D eigenvalue weighted by molar-refractivity contribution is 8.00. The molecule has 2 heterocycles. The molecule has 0 spiro atoms. The van der Waals surface area contributed by atoms with E-state index in [1.165, 1.54) is 12.1 Å². The summed E-state index contributed by atoms with van der Waals surface area (Å²) in [7, 11) is 0. The normalized spacial score (nSPS) is 10.3. The number of nitrogens with zero attached hydrogens (tertiary/aromatic N) is 3. The molecule has 8 heteroatoms. The molecule has 2 aromatic heterocycles. The van der Waals surface area contributed by atoms with Crippen LogP contribution >= 0.6 is 23.4 Å². The maximum atomic E-state index is 13.8. The lowest BCUT2D eigenvalue weighted by atomic mass is 10.2. The Morgan fingerprint density at radius 3 is 2.78 bits per heavy atom. The van der Waals surface area contributed by atoms with Crippen LogP contribution in [0.2, 0.25) is 5.02 Å². The molecule has 0 atom stereocenters. The van der Waals surface area contributed by atoms with Crippen LogP contribution in [-0.2, 0) is 4.79 Å². The molecule has 0 unspecified atom stereocenters. The van der Waals surface area contributed by atoms with E-state index < -0.39 is 11.7 Å². The Hall–Kier alpha value is -2.95. The molecule has 0 fully saturated rings. The first-order valence-corrected chi connectivity index (χ1v) is 9.13. The summed E-state index contributed by atoms with van der Waals surface area (Å²) in [6, 6.07) is 14.8. The number of hydrogen-bond donors (Lipinski definition) is 1. The lowest BCUT2D eigenvalue weighted by Gasteiger charge is -2.08. The van der Waals surface area contributed by atoms with Gasteiger partial charge in [0, 0.05) is 11.2 Å². The van der Waals surface area contributed by atoms with Gasteiger partial charge in [-0.25, -0.2) is 9.37 Å². The summed E-state index contributed by atoms with van der Waals surface area (Å²) in [4.78, 5) is 20.8. The number of anilines is 1. The van der Waals surface area contributed by atoms with Gasteiger partial charge < -0.3 is 5.32 Å². The summed E-state index contributed by atoms with van der Waals surface area (Å²) >= 11 is 6.79. The molecule has 0 saturated carbocycles. The number of hydrogen-bond acceptors (Lipinski definition) is 5. The van der Waals surface area contributed by atoms with Gasteiger partial charge in [0.2, 0.25) is 5.91 Å². The number of amides is 1. The van der Waals surface area contributed by atoms with Crippen molar-refractivity contribution in [1.82, 2.24) is 9.97 Å². The molecule has 1 aromatic carbocycles. The van der Waals surface area contributed by atoms with Crippen LogP contribution in [-0.4, -0.2) is 21.6 Å². The van der Waals surface area contributed by atoms with Gasteiger partial charge in [0.05, 0.1) is 28.4 Å². The molecule has 3 aromatic rings. The predicted molar refractivity (Wildman–Crippen MR) is 103 cm³/mol. The summed E-state index contributed by atoms with van der Waals surface area (Å²) in [5.74, 6) is -1.07. The Morgan fingerprint density at radius 1 is 1.22 bits per heavy atom. The molecular formula is C19H12ClFN4OS. The Morgan fingerprint density at radius 2 is 2.07 bits per heavy atom. The third kappa shape index (κ3) is 4.82. The van der Waals surface area contributed by atoms with Gasteiger partial charge in [-0.3, -0.25) is 9.78 Å². The molecule has 0 saturated heterocycles. The van der Waals surface area contributed by atoms with Crippen LogP contribution in [0.4, 0.5) is 10.1 Å². The third-order valence-electron chi connectivity index (χ3n) is 3.45. The number of halogens is 2. The van der Waals surface area contributed by atoms with Crippen molar-refractivity contribution < 1.29 is 9.18 Å². The number of thioether (sulfide) groups is 1. The van der Waals surface area contributed by atoms with Crippen LogP contribution in [0.5, 0.6) is 0 Å². The number of carbonyl (C=O) groups excluding carboxylic acids is 1. The standard InChI is InChI=1S/C19H12ClFN4OS/c20-13-5-7-15(14(21)9-13)24-18(26)11-27-19-12(10-22)4-6-17(25-19)16-3-1-2-8-23-16/h1-9H,11H2,(H,24,26). The number of carbonyl (C=O) groups is 1. The van der Waals surface area contributed by atoms with Crippen molar-refractivity contribution in [3.8, 4) is 17.5 Å². The van der Waals surface area contributed by atoms with E-state index in [-0.39, 0.29) is 16.5 Å². The zero-order valence-corrected chi connectivity index (χ0v) is 15.4. The third-order valence-corrected chi connectivity index (χ3v) is 4.68. The first-order valence-electron chi connectivity index (χ1n) is 7.77. The first kappa shape index (κ1) is 18.8. The molecule has 0 aliphatic heterocycles. The maximum absolute atomic E-state index is 13.8. The summed E-state index contributed by atoms with van der Waals surface area (Å²) < 4.78 is 13.8. The molecule has 0 aliphatic carbocycles. The average Bonchev–Trinajstić information content (AvgIpc) is 2.69. The molecule has 27 heavy (non-hydrogen) atoms. The molecule has 0 aliphatic rings. The van der Waals surface area contributed by atoms with E-state index >= 15 is 0 Å². The van der Waals surface area contributed by atoms with E-state index in [1.807, 2.05) is 6.07 Å². The summed E-state index contributed by atoms with van der Waals surface area (Å²) in [5.41, 5.74) is 1.66. The molecule has 5 nitrogen and oxygen atoms in total. The van der Waals surface area contributed by atoms with Gasteiger partial charge in [0.25, 0.3) is 0 Å². The van der Waals surface area contributed by atoms with Gasteiger partial charge >= 0.3 is 0 Å². The number of benzene rings is 1. The highest BCUT2D eigenvalue weighted by atomic mass is 35.5. The second-order valence-electron chi connectivity index (χ2n) is 5.34. The number of rotatable bonds is 5. The van der Waals surface area contributed by atoms with Crippen LogP contribution < -0.4 is 5.32 Å². The van der Waals surface area contributed by atoms with Crippen molar-refractivity contribution in [3.05, 3.63) is 71.1 Å². The van der Waals surface area contributed by atoms with Gasteiger partial charge in [-0.1, -0.05) is 29.4 Å². The number of pyridine rings is 2. The summed E-state index contributed by atoms with van der Waals surface area (Å²) in [6.45, 7) is 0. The van der Waals surface area contributed by atoms with E-state index in [1.54, 1.807) is 30.5 Å². The number of aromatic nitrogens is 2. The Balaban J connectivity index is 1.73. The smallest absolute Gasteiger partial charge is 0.234 e. The van der Waals surface area contributed by atoms with Gasteiger partial charge in [-0.2, -0.15) is 5.26 Å². The monoisotopic (exact) mass is 398 g/mol. The van der Waals surface area contributed by atoms with Crippen molar-refractivity contribution in [2.45, 2.75) is 5.03 Å².